The Balaban J connectivity index is 1.52. The molecule has 4 rings (SSSR count). The van der Waals surface area contributed by atoms with E-state index < -0.39 is 0 Å². The molecule has 9 nitrogen and oxygen atoms in total. The maximum Gasteiger partial charge on any atom is 0.295 e. The van der Waals surface area contributed by atoms with E-state index in [1.807, 2.05) is 18.2 Å². The Morgan fingerprint density at radius 3 is 2.71 bits per heavy atom. The summed E-state index contributed by atoms with van der Waals surface area (Å²) in [7, 11) is 3.47. The van der Waals surface area contributed by atoms with E-state index in [-0.39, 0.29) is 11.8 Å². The lowest BCUT2D eigenvalue weighted by atomic mass is 10.1. The number of amides is 2. The van der Waals surface area contributed by atoms with E-state index in [0.29, 0.717) is 32.1 Å². The molecule has 0 unspecified atom stereocenters. The third-order valence-corrected chi connectivity index (χ3v) is 5.34. The Kier molecular flexibility index (Phi) is 5.10. The molecule has 0 aliphatic carbocycles. The van der Waals surface area contributed by atoms with Crippen molar-refractivity contribution in [3.8, 4) is 0 Å². The minimum Gasteiger partial charge on any atom is -0.379 e. The topological polar surface area (TPSA) is 83.8 Å². The fourth-order valence-corrected chi connectivity index (χ4v) is 3.60. The number of carbonyl (C=O) groups is 2. The predicted octanol–water partition coefficient (Wildman–Crippen LogP) is 0.313. The summed E-state index contributed by atoms with van der Waals surface area (Å²) in [4.78, 5) is 35.1. The van der Waals surface area contributed by atoms with Crippen molar-refractivity contribution >= 4 is 23.2 Å². The molecule has 0 spiro atoms. The molecule has 2 aliphatic rings. The van der Waals surface area contributed by atoms with Gasteiger partial charge in [0.05, 0.1) is 19.8 Å². The van der Waals surface area contributed by atoms with E-state index in [2.05, 4.69) is 15.0 Å². The number of carbonyl (C=O) groups excluding carboxylic acids is 2. The summed E-state index contributed by atoms with van der Waals surface area (Å²) in [5.41, 5.74) is 2.69. The molecule has 1 saturated heterocycles. The maximum absolute atomic E-state index is 12.9. The Bertz CT molecular complexity index is 890. The minimum absolute atomic E-state index is 0.0195. The van der Waals surface area contributed by atoms with Gasteiger partial charge < -0.3 is 14.5 Å². The molecule has 2 aliphatic heterocycles. The lowest BCUT2D eigenvalue weighted by molar-refractivity contribution is -0.120. The molecule has 0 N–H and O–H groups in total. The van der Waals surface area contributed by atoms with Crippen LogP contribution in [0.3, 0.4) is 0 Å². The predicted molar refractivity (Wildman–Crippen MR) is 103 cm³/mol. The van der Waals surface area contributed by atoms with Gasteiger partial charge in [0.2, 0.25) is 11.7 Å². The van der Waals surface area contributed by atoms with Gasteiger partial charge in [-0.3, -0.25) is 14.5 Å². The van der Waals surface area contributed by atoms with Gasteiger partial charge in [0.1, 0.15) is 6.33 Å². The van der Waals surface area contributed by atoms with Crippen LogP contribution in [0.1, 0.15) is 16.2 Å². The van der Waals surface area contributed by atoms with Crippen LogP contribution in [0.2, 0.25) is 0 Å². The van der Waals surface area contributed by atoms with Gasteiger partial charge in [-0.25, -0.2) is 9.67 Å². The molecule has 0 radical (unpaired) electrons. The Labute approximate surface area is 163 Å². The molecule has 9 heteroatoms. The first-order chi connectivity index (χ1) is 13.5. The summed E-state index contributed by atoms with van der Waals surface area (Å²) in [5, 5.41) is 3.98. The molecule has 1 aromatic heterocycles. The minimum atomic E-state index is -0.182. The summed E-state index contributed by atoms with van der Waals surface area (Å²) in [6.45, 7) is 3.81. The van der Waals surface area contributed by atoms with E-state index >= 15 is 0 Å². The zero-order valence-corrected chi connectivity index (χ0v) is 16.2. The van der Waals surface area contributed by atoms with Crippen molar-refractivity contribution in [1.82, 2.24) is 19.7 Å². The maximum atomic E-state index is 12.9. The highest BCUT2D eigenvalue weighted by molar-refractivity contribution is 6.05. The zero-order valence-electron chi connectivity index (χ0n) is 16.2. The Morgan fingerprint density at radius 2 is 2.00 bits per heavy atom. The fourth-order valence-electron chi connectivity index (χ4n) is 3.60. The van der Waals surface area contributed by atoms with Crippen LogP contribution in [0.4, 0.5) is 11.4 Å². The molecule has 1 fully saturated rings. The van der Waals surface area contributed by atoms with Crippen LogP contribution in [0.15, 0.2) is 24.5 Å². The first-order valence-electron chi connectivity index (χ1n) is 9.40. The molecule has 1 aromatic carbocycles. The number of fused-ring (bicyclic) bond motifs is 1. The van der Waals surface area contributed by atoms with E-state index in [1.54, 1.807) is 23.9 Å². The van der Waals surface area contributed by atoms with Crippen molar-refractivity contribution in [2.75, 3.05) is 56.2 Å². The van der Waals surface area contributed by atoms with E-state index in [4.69, 9.17) is 4.74 Å². The van der Waals surface area contributed by atoms with E-state index in [1.165, 1.54) is 11.0 Å². The average Bonchev–Trinajstić information content (AvgIpc) is 3.33. The van der Waals surface area contributed by atoms with Gasteiger partial charge in [-0.2, -0.15) is 5.10 Å². The van der Waals surface area contributed by atoms with Crippen LogP contribution in [-0.2, 0) is 23.0 Å². The largest absolute Gasteiger partial charge is 0.379 e. The number of aromatic nitrogens is 3. The van der Waals surface area contributed by atoms with Crippen molar-refractivity contribution < 1.29 is 14.3 Å². The zero-order chi connectivity index (χ0) is 19.7. The third-order valence-electron chi connectivity index (χ3n) is 5.34. The van der Waals surface area contributed by atoms with Gasteiger partial charge in [0.25, 0.3) is 5.91 Å². The van der Waals surface area contributed by atoms with Crippen molar-refractivity contribution in [3.63, 3.8) is 0 Å². The standard InChI is InChI=1S/C19H24N6O3/c1-22(17(26)12-24-7-9-28-10-8-24)15-4-3-14-5-6-25(16(14)11-15)19(27)18-20-13-21-23(18)2/h3-4,11,13H,5-10,12H2,1-2H3. The normalized spacial score (nSPS) is 16.9. The van der Waals surface area contributed by atoms with Crippen LogP contribution in [0, 0.1) is 0 Å². The van der Waals surface area contributed by atoms with E-state index in [9.17, 15) is 9.59 Å². The highest BCUT2D eigenvalue weighted by Gasteiger charge is 2.29. The molecule has 2 amide bonds. The number of morpholine rings is 1. The number of hydrogen-bond donors (Lipinski definition) is 0. The molecule has 0 atom stereocenters. The Morgan fingerprint density at radius 1 is 1.21 bits per heavy atom. The molecule has 0 saturated carbocycles. The molecule has 148 valence electrons. The number of nitrogens with zero attached hydrogens (tertiary/aromatic N) is 6. The lowest BCUT2D eigenvalue weighted by Crippen LogP contribution is -2.43. The molecule has 2 aromatic rings. The summed E-state index contributed by atoms with van der Waals surface area (Å²) in [6, 6.07) is 5.84. The number of ether oxygens (including phenoxy) is 1. The first-order valence-corrected chi connectivity index (χ1v) is 9.40. The summed E-state index contributed by atoms with van der Waals surface area (Å²) < 4.78 is 6.81. The lowest BCUT2D eigenvalue weighted by Gasteiger charge is -2.28. The molecule has 0 bridgehead atoms. The molecular formula is C19H24N6O3. The van der Waals surface area contributed by atoms with Crippen molar-refractivity contribution in [3.05, 3.63) is 35.9 Å². The van der Waals surface area contributed by atoms with Crippen LogP contribution in [0.25, 0.3) is 0 Å². The summed E-state index contributed by atoms with van der Waals surface area (Å²) in [6.07, 6.45) is 2.16. The van der Waals surface area contributed by atoms with Crippen LogP contribution >= 0.6 is 0 Å². The van der Waals surface area contributed by atoms with Crippen LogP contribution < -0.4 is 9.80 Å². The quantitative estimate of drug-likeness (QED) is 0.755. The summed E-state index contributed by atoms with van der Waals surface area (Å²) >= 11 is 0. The third kappa shape index (κ3) is 3.50. The highest BCUT2D eigenvalue weighted by Crippen LogP contribution is 2.32. The SMILES string of the molecule is CN(C(=O)CN1CCOCC1)c1ccc2c(c1)N(C(=O)c1ncnn1C)CC2. The Hall–Kier alpha value is -2.78. The van der Waals surface area contributed by atoms with Gasteiger partial charge >= 0.3 is 0 Å². The monoisotopic (exact) mass is 384 g/mol. The van der Waals surface area contributed by atoms with E-state index in [0.717, 1.165) is 36.4 Å². The van der Waals surface area contributed by atoms with Crippen molar-refractivity contribution in [2.45, 2.75) is 6.42 Å². The number of aryl methyl sites for hydroxylation is 1. The van der Waals surface area contributed by atoms with Gasteiger partial charge in [0.15, 0.2) is 0 Å². The average molecular weight is 384 g/mol. The number of benzene rings is 1. The number of hydrogen-bond acceptors (Lipinski definition) is 6. The van der Waals surface area contributed by atoms with Gasteiger partial charge in [0, 0.05) is 45.1 Å². The number of anilines is 2. The van der Waals surface area contributed by atoms with Crippen molar-refractivity contribution in [2.24, 2.45) is 7.05 Å². The van der Waals surface area contributed by atoms with Gasteiger partial charge in [-0.05, 0) is 24.1 Å². The second-order valence-corrected chi connectivity index (χ2v) is 7.07. The second kappa shape index (κ2) is 7.69. The number of likely N-dealkylation sites (N-methyl/N-ethyl adjacent to an activating group) is 1. The highest BCUT2D eigenvalue weighted by atomic mass is 16.5. The van der Waals surface area contributed by atoms with Crippen LogP contribution in [0.5, 0.6) is 0 Å². The molecular weight excluding hydrogens is 360 g/mol. The molecule has 28 heavy (non-hydrogen) atoms. The number of rotatable bonds is 4. The van der Waals surface area contributed by atoms with Crippen LogP contribution in [-0.4, -0.2) is 77.9 Å². The smallest absolute Gasteiger partial charge is 0.295 e. The fraction of sp³-hybridized carbons (Fsp3) is 0.474. The summed E-state index contributed by atoms with van der Waals surface area (Å²) in [5.74, 6) is 0.138. The van der Waals surface area contributed by atoms with Crippen molar-refractivity contribution in [1.29, 1.82) is 0 Å². The first kappa shape index (κ1) is 18.6. The van der Waals surface area contributed by atoms with Gasteiger partial charge in [-0.1, -0.05) is 6.07 Å². The second-order valence-electron chi connectivity index (χ2n) is 7.07. The van der Waals surface area contributed by atoms with Gasteiger partial charge in [-0.15, -0.1) is 0 Å². The molecule has 3 heterocycles.